The molecule has 2 heterocycles. The molecule has 2 atom stereocenters. The van der Waals surface area contributed by atoms with Crippen molar-refractivity contribution >= 4 is 27.3 Å². The van der Waals surface area contributed by atoms with Gasteiger partial charge in [-0.25, -0.2) is 12.8 Å². The molecule has 2 N–H and O–H groups in total. The molecule has 9 nitrogen and oxygen atoms in total. The first-order valence-electron chi connectivity index (χ1n) is 11.6. The molecule has 0 spiro atoms. The maximum Gasteiger partial charge on any atom is 0.573 e. The van der Waals surface area contributed by atoms with Crippen LogP contribution in [0.15, 0.2) is 41.3 Å². The Labute approximate surface area is 215 Å². The van der Waals surface area contributed by atoms with Crippen LogP contribution in [0.3, 0.4) is 0 Å². The number of nitrogens with zero attached hydrogens (tertiary/aromatic N) is 2. The summed E-state index contributed by atoms with van der Waals surface area (Å²) in [7, 11) is -2.35. The smallest absolute Gasteiger partial charge is 0.403 e. The molecular formula is C24H25F4N3O6S. The van der Waals surface area contributed by atoms with Crippen molar-refractivity contribution in [2.75, 3.05) is 37.8 Å². The zero-order valence-corrected chi connectivity index (χ0v) is 21.0. The summed E-state index contributed by atoms with van der Waals surface area (Å²) in [4.78, 5) is 28.1. The summed E-state index contributed by atoms with van der Waals surface area (Å²) in [5, 5.41) is 12.4. The van der Waals surface area contributed by atoms with E-state index >= 15 is 0 Å². The van der Waals surface area contributed by atoms with E-state index in [0.717, 1.165) is 12.1 Å². The Morgan fingerprint density at radius 2 is 2.00 bits per heavy atom. The average molecular weight is 560 g/mol. The zero-order chi connectivity index (χ0) is 27.8. The molecule has 2 aromatic rings. The Kier molecular flexibility index (Phi) is 7.68. The third-order valence-corrected chi connectivity index (χ3v) is 8.10. The number of fused-ring (bicyclic) bond motifs is 1. The van der Waals surface area contributed by atoms with Gasteiger partial charge in [0.2, 0.25) is 11.8 Å². The number of carbonyl (C=O) groups is 2. The first-order valence-corrected chi connectivity index (χ1v) is 13.2. The maximum atomic E-state index is 14.1. The maximum absolute atomic E-state index is 14.1. The van der Waals surface area contributed by atoms with Gasteiger partial charge in [0, 0.05) is 26.7 Å². The van der Waals surface area contributed by atoms with Crippen LogP contribution in [-0.2, 0) is 25.8 Å². The standard InChI is InChI=1S/C24H25F4N3O6S/c1-30(23(34)9-14-2-5-21-18(8-14)29-22(33)13-38(21,35)36)19(12-31-7-6-16(32)11-31)15-3-4-17(25)20(10-15)37-24(26,27)28/h2-5,8,10,16,19,32H,6-7,9,11-13H2,1H3,(H,29,33)/t16-,19-/m1/s1. The van der Waals surface area contributed by atoms with Crippen LogP contribution >= 0.6 is 0 Å². The number of aliphatic hydroxyl groups excluding tert-OH is 1. The monoisotopic (exact) mass is 559 g/mol. The quantitative estimate of drug-likeness (QED) is 0.500. The van der Waals surface area contributed by atoms with Gasteiger partial charge >= 0.3 is 6.36 Å². The fraction of sp³-hybridized carbons (Fsp3) is 0.417. The molecule has 0 unspecified atom stereocenters. The molecule has 14 heteroatoms. The van der Waals surface area contributed by atoms with Crippen molar-refractivity contribution in [1.82, 2.24) is 9.80 Å². The van der Waals surface area contributed by atoms with Crippen molar-refractivity contribution in [1.29, 1.82) is 0 Å². The molecule has 38 heavy (non-hydrogen) atoms. The highest BCUT2D eigenvalue weighted by atomic mass is 32.2. The highest BCUT2D eigenvalue weighted by Gasteiger charge is 2.34. The Bertz CT molecular complexity index is 1350. The number of carbonyl (C=O) groups excluding carboxylic acids is 2. The summed E-state index contributed by atoms with van der Waals surface area (Å²) in [5.41, 5.74) is 0.643. The van der Waals surface area contributed by atoms with Gasteiger partial charge in [0.15, 0.2) is 21.4 Å². The van der Waals surface area contributed by atoms with Crippen LogP contribution < -0.4 is 10.1 Å². The van der Waals surface area contributed by atoms with Crippen molar-refractivity contribution in [3.63, 3.8) is 0 Å². The number of alkyl halides is 3. The lowest BCUT2D eigenvalue weighted by atomic mass is 10.0. The molecule has 4 rings (SSSR count). The third-order valence-electron chi connectivity index (χ3n) is 6.43. The van der Waals surface area contributed by atoms with E-state index in [1.165, 1.54) is 36.2 Å². The van der Waals surface area contributed by atoms with Crippen LogP contribution in [0, 0.1) is 5.82 Å². The van der Waals surface area contributed by atoms with Crippen LogP contribution in [-0.4, -0.2) is 80.0 Å². The molecule has 2 amide bonds. The van der Waals surface area contributed by atoms with Crippen molar-refractivity contribution < 1.29 is 45.4 Å². The number of aliphatic hydroxyl groups is 1. The summed E-state index contributed by atoms with van der Waals surface area (Å²) < 4.78 is 80.7. The Morgan fingerprint density at radius 1 is 1.26 bits per heavy atom. The summed E-state index contributed by atoms with van der Waals surface area (Å²) >= 11 is 0. The molecule has 0 aliphatic carbocycles. The normalized spacial score (nSPS) is 19.9. The van der Waals surface area contributed by atoms with E-state index in [9.17, 15) is 40.7 Å². The van der Waals surface area contributed by atoms with E-state index in [1.54, 1.807) is 0 Å². The minimum absolute atomic E-state index is 0.0595. The van der Waals surface area contributed by atoms with E-state index in [4.69, 9.17) is 0 Å². The number of likely N-dealkylation sites (tertiary alicyclic amines) is 1. The van der Waals surface area contributed by atoms with E-state index in [-0.39, 0.29) is 29.1 Å². The van der Waals surface area contributed by atoms with Gasteiger partial charge in [-0.05, 0) is 41.8 Å². The molecule has 0 radical (unpaired) electrons. The molecule has 2 aromatic carbocycles. The van der Waals surface area contributed by atoms with Gasteiger partial charge in [-0.1, -0.05) is 12.1 Å². The first-order chi connectivity index (χ1) is 17.7. The SMILES string of the molecule is CN(C(=O)Cc1ccc2c(c1)NC(=O)CS2(=O)=O)[C@H](CN1CC[C@@H](O)C1)c1ccc(F)c(OC(F)(F)F)c1. The highest BCUT2D eigenvalue weighted by molar-refractivity contribution is 7.92. The number of ether oxygens (including phenoxy) is 1. The predicted octanol–water partition coefficient (Wildman–Crippen LogP) is 2.26. The molecule has 1 saturated heterocycles. The topological polar surface area (TPSA) is 116 Å². The van der Waals surface area contributed by atoms with Crippen LogP contribution in [0.4, 0.5) is 23.2 Å². The number of hydrogen-bond acceptors (Lipinski definition) is 7. The van der Waals surface area contributed by atoms with Crippen LogP contribution in [0.5, 0.6) is 5.75 Å². The minimum Gasteiger partial charge on any atom is -0.403 e. The van der Waals surface area contributed by atoms with Crippen LogP contribution in [0.1, 0.15) is 23.6 Å². The van der Waals surface area contributed by atoms with Crippen molar-refractivity contribution in [3.8, 4) is 5.75 Å². The Hall–Kier alpha value is -3.23. The van der Waals surface area contributed by atoms with E-state index in [0.29, 0.717) is 25.1 Å². The highest BCUT2D eigenvalue weighted by Crippen LogP contribution is 2.32. The number of likely N-dealkylation sites (N-methyl/N-ethyl adjacent to an activating group) is 1. The van der Waals surface area contributed by atoms with Gasteiger partial charge in [0.1, 0.15) is 5.75 Å². The summed E-state index contributed by atoms with van der Waals surface area (Å²) in [6.07, 6.45) is -5.44. The lowest BCUT2D eigenvalue weighted by molar-refractivity contribution is -0.275. The van der Waals surface area contributed by atoms with Gasteiger partial charge in [-0.3, -0.25) is 14.5 Å². The number of benzene rings is 2. The second kappa shape index (κ2) is 10.5. The van der Waals surface area contributed by atoms with Gasteiger partial charge in [-0.15, -0.1) is 13.2 Å². The summed E-state index contributed by atoms with van der Waals surface area (Å²) in [6, 6.07) is 6.28. The number of anilines is 1. The van der Waals surface area contributed by atoms with Crippen molar-refractivity contribution in [2.45, 2.75) is 36.2 Å². The lowest BCUT2D eigenvalue weighted by Gasteiger charge is -2.32. The Morgan fingerprint density at radius 3 is 2.66 bits per heavy atom. The predicted molar refractivity (Wildman–Crippen MR) is 126 cm³/mol. The molecule has 2 aliphatic rings. The molecule has 0 bridgehead atoms. The zero-order valence-electron chi connectivity index (χ0n) is 20.2. The van der Waals surface area contributed by atoms with Gasteiger partial charge in [-0.2, -0.15) is 0 Å². The molecule has 0 aromatic heterocycles. The minimum atomic E-state index is -5.12. The number of halogens is 4. The Balaban J connectivity index is 1.60. The number of rotatable bonds is 7. The average Bonchev–Trinajstić information content (AvgIpc) is 3.21. The summed E-state index contributed by atoms with van der Waals surface area (Å²) in [6.45, 7) is 0.936. The van der Waals surface area contributed by atoms with Gasteiger partial charge in [0.25, 0.3) is 0 Å². The fourth-order valence-electron chi connectivity index (χ4n) is 4.57. The first kappa shape index (κ1) is 27.8. The van der Waals surface area contributed by atoms with Crippen molar-refractivity contribution in [2.24, 2.45) is 0 Å². The van der Waals surface area contributed by atoms with Gasteiger partial charge in [0.05, 0.1) is 29.1 Å². The molecule has 0 saturated carbocycles. The van der Waals surface area contributed by atoms with E-state index in [1.807, 2.05) is 4.90 Å². The molecular weight excluding hydrogens is 534 g/mol. The third kappa shape index (κ3) is 6.42. The number of hydrogen-bond donors (Lipinski definition) is 2. The molecule has 206 valence electrons. The van der Waals surface area contributed by atoms with E-state index in [2.05, 4.69) is 10.1 Å². The number of sulfone groups is 1. The van der Waals surface area contributed by atoms with Crippen LogP contribution in [0.2, 0.25) is 0 Å². The molecule has 1 fully saturated rings. The second-order valence-corrected chi connectivity index (χ2v) is 11.2. The van der Waals surface area contributed by atoms with Crippen molar-refractivity contribution in [3.05, 3.63) is 53.3 Å². The molecule has 2 aliphatic heterocycles. The summed E-state index contributed by atoms with van der Waals surface area (Å²) in [5.74, 6) is -4.09. The number of amides is 2. The number of nitrogens with one attached hydrogen (secondary N) is 1. The second-order valence-electron chi connectivity index (χ2n) is 9.27. The van der Waals surface area contributed by atoms with Gasteiger partial charge < -0.3 is 20.1 Å². The number of β-amino-alcohol motifs (C(OH)–C–C–N with tert-alkyl or cyclic N) is 1. The fourth-order valence-corrected chi connectivity index (χ4v) is 5.86. The van der Waals surface area contributed by atoms with Crippen LogP contribution in [0.25, 0.3) is 0 Å². The van der Waals surface area contributed by atoms with E-state index < -0.39 is 57.5 Å². The largest absolute Gasteiger partial charge is 0.573 e. The lowest BCUT2D eigenvalue weighted by Crippen LogP contribution is -2.39.